The van der Waals surface area contributed by atoms with Crippen molar-refractivity contribution in [3.8, 4) is 0 Å². The van der Waals surface area contributed by atoms with Crippen LogP contribution in [0.2, 0.25) is 0 Å². The van der Waals surface area contributed by atoms with Crippen LogP contribution < -0.4 is 5.32 Å². The van der Waals surface area contributed by atoms with Crippen LogP contribution in [0.25, 0.3) is 0 Å². The number of hydrogen-bond acceptors (Lipinski definition) is 1. The Labute approximate surface area is 105 Å². The average Bonchev–Trinajstić information content (AvgIpc) is 3.10. The van der Waals surface area contributed by atoms with Gasteiger partial charge in [0.2, 0.25) is 0 Å². The molecule has 1 unspecified atom stereocenters. The first-order valence-corrected chi connectivity index (χ1v) is 6.63. The third-order valence-electron chi connectivity index (χ3n) is 3.66. The van der Waals surface area contributed by atoms with Gasteiger partial charge in [0.1, 0.15) is 0 Å². The van der Waals surface area contributed by atoms with Crippen molar-refractivity contribution in [3.63, 3.8) is 0 Å². The van der Waals surface area contributed by atoms with Crippen molar-refractivity contribution in [1.82, 2.24) is 5.32 Å². The maximum absolute atomic E-state index is 3.64. The highest BCUT2D eigenvalue weighted by molar-refractivity contribution is 5.36. The fraction of sp³-hybridized carbons (Fsp3) is 0.500. The molecule has 92 valence electrons. The summed E-state index contributed by atoms with van der Waals surface area (Å²) in [4.78, 5) is 0. The van der Waals surface area contributed by atoms with Gasteiger partial charge >= 0.3 is 0 Å². The number of hydrogen-bond donors (Lipinski definition) is 1. The zero-order chi connectivity index (χ0) is 12.3. The van der Waals surface area contributed by atoms with Crippen LogP contribution >= 0.6 is 0 Å². The van der Waals surface area contributed by atoms with E-state index >= 15 is 0 Å². The summed E-state index contributed by atoms with van der Waals surface area (Å²) >= 11 is 0. The monoisotopic (exact) mass is 229 g/mol. The standard InChI is InChI=1S/C16H23N/c1-4-17-15(12-13(2)3)16(10-11-16)14-8-6-5-7-9-14/h5-9,12,15,17H,4,10-11H2,1-3H3. The zero-order valence-electron chi connectivity index (χ0n) is 11.2. The molecule has 1 nitrogen and oxygen atoms in total. The maximum atomic E-state index is 3.64. The third-order valence-corrected chi connectivity index (χ3v) is 3.66. The van der Waals surface area contributed by atoms with Crippen molar-refractivity contribution in [2.24, 2.45) is 0 Å². The maximum Gasteiger partial charge on any atom is 0.0349 e. The predicted molar refractivity (Wildman–Crippen MR) is 74.2 cm³/mol. The minimum Gasteiger partial charge on any atom is -0.310 e. The van der Waals surface area contributed by atoms with Gasteiger partial charge in [-0.25, -0.2) is 0 Å². The van der Waals surface area contributed by atoms with Gasteiger partial charge in [-0.05, 0) is 38.8 Å². The predicted octanol–water partition coefficient (Wildman–Crippen LogP) is 3.66. The average molecular weight is 229 g/mol. The Balaban J connectivity index is 2.27. The molecule has 0 amide bonds. The van der Waals surface area contributed by atoms with E-state index in [1.54, 1.807) is 0 Å². The molecule has 0 saturated heterocycles. The van der Waals surface area contributed by atoms with E-state index < -0.39 is 0 Å². The lowest BCUT2D eigenvalue weighted by atomic mass is 9.87. The Morgan fingerprint density at radius 3 is 2.41 bits per heavy atom. The van der Waals surface area contributed by atoms with Crippen LogP contribution in [0, 0.1) is 0 Å². The lowest BCUT2D eigenvalue weighted by Gasteiger charge is -2.26. The van der Waals surface area contributed by atoms with E-state index in [9.17, 15) is 0 Å². The number of benzene rings is 1. The molecule has 1 N–H and O–H groups in total. The summed E-state index contributed by atoms with van der Waals surface area (Å²) < 4.78 is 0. The highest BCUT2D eigenvalue weighted by atomic mass is 14.9. The van der Waals surface area contributed by atoms with Gasteiger partial charge < -0.3 is 5.32 Å². The second-order valence-corrected chi connectivity index (χ2v) is 5.30. The molecule has 1 saturated carbocycles. The van der Waals surface area contributed by atoms with E-state index in [4.69, 9.17) is 0 Å². The molecule has 0 heterocycles. The van der Waals surface area contributed by atoms with Crippen molar-refractivity contribution in [1.29, 1.82) is 0 Å². The molecule has 1 aromatic rings. The summed E-state index contributed by atoms with van der Waals surface area (Å²) in [5.41, 5.74) is 3.25. The molecule has 1 aliphatic carbocycles. The first-order valence-electron chi connectivity index (χ1n) is 6.63. The van der Waals surface area contributed by atoms with Gasteiger partial charge in [0.25, 0.3) is 0 Å². The van der Waals surface area contributed by atoms with Gasteiger partial charge in [-0.15, -0.1) is 0 Å². The quantitative estimate of drug-likeness (QED) is 0.760. The van der Waals surface area contributed by atoms with E-state index in [2.05, 4.69) is 62.5 Å². The van der Waals surface area contributed by atoms with Crippen LogP contribution in [-0.4, -0.2) is 12.6 Å². The van der Waals surface area contributed by atoms with Crippen molar-refractivity contribution in [2.75, 3.05) is 6.54 Å². The van der Waals surface area contributed by atoms with E-state index in [-0.39, 0.29) is 0 Å². The van der Waals surface area contributed by atoms with E-state index in [1.807, 2.05) is 0 Å². The summed E-state index contributed by atoms with van der Waals surface area (Å²) in [7, 11) is 0. The summed E-state index contributed by atoms with van der Waals surface area (Å²) in [6.45, 7) is 7.59. The molecule has 0 radical (unpaired) electrons. The molecule has 1 heteroatoms. The third kappa shape index (κ3) is 2.61. The minimum atomic E-state index is 0.356. The van der Waals surface area contributed by atoms with Crippen LogP contribution in [0.15, 0.2) is 42.0 Å². The van der Waals surface area contributed by atoms with Crippen LogP contribution in [0.4, 0.5) is 0 Å². The van der Waals surface area contributed by atoms with Crippen molar-refractivity contribution in [2.45, 2.75) is 45.1 Å². The van der Waals surface area contributed by atoms with E-state index in [1.165, 1.54) is 24.0 Å². The molecule has 1 aromatic carbocycles. The van der Waals surface area contributed by atoms with Crippen LogP contribution in [0.3, 0.4) is 0 Å². The molecule has 0 spiro atoms. The smallest absolute Gasteiger partial charge is 0.0349 e. The fourth-order valence-electron chi connectivity index (χ4n) is 2.65. The summed E-state index contributed by atoms with van der Waals surface area (Å²) in [6, 6.07) is 11.4. The molecule has 0 aliphatic heterocycles. The molecule has 2 rings (SSSR count). The zero-order valence-corrected chi connectivity index (χ0v) is 11.2. The highest BCUT2D eigenvalue weighted by Crippen LogP contribution is 2.51. The van der Waals surface area contributed by atoms with Crippen molar-refractivity contribution >= 4 is 0 Å². The largest absolute Gasteiger partial charge is 0.310 e. The molecular formula is C16H23N. The van der Waals surface area contributed by atoms with Gasteiger partial charge in [-0.2, -0.15) is 0 Å². The number of nitrogens with one attached hydrogen (secondary N) is 1. The molecule has 1 fully saturated rings. The Morgan fingerprint density at radius 2 is 1.94 bits per heavy atom. The molecule has 17 heavy (non-hydrogen) atoms. The summed E-state index contributed by atoms with van der Waals surface area (Å²) in [5.74, 6) is 0. The second-order valence-electron chi connectivity index (χ2n) is 5.30. The second kappa shape index (κ2) is 5.05. The topological polar surface area (TPSA) is 12.0 Å². The first kappa shape index (κ1) is 12.4. The Bertz CT molecular complexity index is 383. The minimum absolute atomic E-state index is 0.356. The number of likely N-dealkylation sites (N-methyl/N-ethyl adjacent to an activating group) is 1. The van der Waals surface area contributed by atoms with E-state index in [0.29, 0.717) is 11.5 Å². The van der Waals surface area contributed by atoms with E-state index in [0.717, 1.165) is 6.54 Å². The highest BCUT2D eigenvalue weighted by Gasteiger charge is 2.49. The SMILES string of the molecule is CCNC(C=C(C)C)C1(c2ccccc2)CC1. The number of allylic oxidation sites excluding steroid dienone is 1. The Morgan fingerprint density at radius 1 is 1.29 bits per heavy atom. The normalized spacial score (nSPS) is 18.5. The lowest BCUT2D eigenvalue weighted by molar-refractivity contribution is 0.493. The van der Waals surface area contributed by atoms with Crippen molar-refractivity contribution in [3.05, 3.63) is 47.5 Å². The van der Waals surface area contributed by atoms with Crippen LogP contribution in [-0.2, 0) is 5.41 Å². The summed E-state index contributed by atoms with van der Waals surface area (Å²) in [6.07, 6.45) is 5.00. The Kier molecular flexibility index (Phi) is 3.68. The van der Waals surface area contributed by atoms with Crippen LogP contribution in [0.1, 0.15) is 39.2 Å². The van der Waals surface area contributed by atoms with Crippen molar-refractivity contribution < 1.29 is 0 Å². The fourth-order valence-corrected chi connectivity index (χ4v) is 2.65. The number of rotatable bonds is 5. The molecular weight excluding hydrogens is 206 g/mol. The molecule has 1 atom stereocenters. The first-order chi connectivity index (χ1) is 8.19. The Hall–Kier alpha value is -1.08. The molecule has 0 aromatic heterocycles. The van der Waals surface area contributed by atoms with Gasteiger partial charge in [-0.1, -0.05) is 48.9 Å². The van der Waals surface area contributed by atoms with Gasteiger partial charge in [0, 0.05) is 11.5 Å². The van der Waals surface area contributed by atoms with Gasteiger partial charge in [0.05, 0.1) is 0 Å². The van der Waals surface area contributed by atoms with Gasteiger partial charge in [-0.3, -0.25) is 0 Å². The van der Waals surface area contributed by atoms with Gasteiger partial charge in [0.15, 0.2) is 0 Å². The molecule has 0 bridgehead atoms. The lowest BCUT2D eigenvalue weighted by Crippen LogP contribution is -2.38. The summed E-state index contributed by atoms with van der Waals surface area (Å²) in [5, 5.41) is 3.64. The van der Waals surface area contributed by atoms with Crippen LogP contribution in [0.5, 0.6) is 0 Å². The molecule has 1 aliphatic rings.